The highest BCUT2D eigenvalue weighted by Crippen LogP contribution is 2.46. The van der Waals surface area contributed by atoms with Crippen molar-refractivity contribution in [1.82, 2.24) is 9.80 Å². The predicted molar refractivity (Wildman–Crippen MR) is 98.0 cm³/mol. The van der Waals surface area contributed by atoms with E-state index in [-0.39, 0.29) is 11.5 Å². The van der Waals surface area contributed by atoms with Gasteiger partial charge in [-0.1, -0.05) is 38.1 Å². The molecule has 0 aromatic heterocycles. The van der Waals surface area contributed by atoms with E-state index < -0.39 is 17.2 Å². The van der Waals surface area contributed by atoms with Crippen LogP contribution in [0.4, 0.5) is 0 Å². The van der Waals surface area contributed by atoms with Crippen LogP contribution in [0.25, 0.3) is 5.70 Å². The maximum absolute atomic E-state index is 13.1. The number of nitrogens with zero attached hydrogens (tertiary/aromatic N) is 2. The molecule has 0 bridgehead atoms. The van der Waals surface area contributed by atoms with E-state index in [1.165, 1.54) is 0 Å². The average Bonchev–Trinajstić information content (AvgIpc) is 3.29. The quantitative estimate of drug-likeness (QED) is 0.620. The van der Waals surface area contributed by atoms with E-state index in [1.807, 2.05) is 38.1 Å². The molecular weight excluding hydrogens is 328 g/mol. The smallest absolute Gasteiger partial charge is 0.300 e. The summed E-state index contributed by atoms with van der Waals surface area (Å²) in [5.41, 5.74) is 2.14. The highest BCUT2D eigenvalue weighted by Gasteiger charge is 2.53. The van der Waals surface area contributed by atoms with Crippen molar-refractivity contribution in [2.24, 2.45) is 0 Å². The van der Waals surface area contributed by atoms with Crippen molar-refractivity contribution in [3.8, 4) is 0 Å². The van der Waals surface area contributed by atoms with Crippen molar-refractivity contribution >= 4 is 23.3 Å². The van der Waals surface area contributed by atoms with Gasteiger partial charge in [0.2, 0.25) is 0 Å². The van der Waals surface area contributed by atoms with E-state index in [9.17, 15) is 14.4 Å². The van der Waals surface area contributed by atoms with Crippen molar-refractivity contribution in [3.63, 3.8) is 0 Å². The van der Waals surface area contributed by atoms with Gasteiger partial charge in [-0.25, -0.2) is 0 Å². The Bertz CT molecular complexity index is 829. The first-order chi connectivity index (χ1) is 12.5. The lowest BCUT2D eigenvalue weighted by Gasteiger charge is -2.46. The largest absolute Gasteiger partial charge is 0.338 e. The van der Waals surface area contributed by atoms with Gasteiger partial charge in [-0.05, 0) is 37.7 Å². The Hall–Kier alpha value is -2.43. The molecule has 3 aliphatic heterocycles. The van der Waals surface area contributed by atoms with Gasteiger partial charge in [0, 0.05) is 18.7 Å². The zero-order valence-corrected chi connectivity index (χ0v) is 15.4. The predicted octanol–water partition coefficient (Wildman–Crippen LogP) is 2.55. The molecule has 1 aromatic rings. The molecule has 136 valence electrons. The summed E-state index contributed by atoms with van der Waals surface area (Å²) in [7, 11) is 0. The lowest BCUT2D eigenvalue weighted by atomic mass is 9.78. The molecule has 0 spiro atoms. The third kappa shape index (κ3) is 2.19. The summed E-state index contributed by atoms with van der Waals surface area (Å²) in [6, 6.07) is 7.85. The van der Waals surface area contributed by atoms with E-state index >= 15 is 0 Å². The lowest BCUT2D eigenvalue weighted by molar-refractivity contribution is -0.143. The zero-order chi connectivity index (χ0) is 18.5. The van der Waals surface area contributed by atoms with Crippen molar-refractivity contribution in [2.75, 3.05) is 13.1 Å². The van der Waals surface area contributed by atoms with Gasteiger partial charge in [-0.15, -0.1) is 0 Å². The minimum Gasteiger partial charge on any atom is -0.338 e. The topological polar surface area (TPSA) is 57.7 Å². The van der Waals surface area contributed by atoms with Crippen molar-refractivity contribution in [3.05, 3.63) is 41.0 Å². The van der Waals surface area contributed by atoms with Gasteiger partial charge in [-0.2, -0.15) is 0 Å². The highest BCUT2D eigenvalue weighted by atomic mass is 16.2. The summed E-state index contributed by atoms with van der Waals surface area (Å²) in [4.78, 5) is 42.4. The molecule has 0 atom stereocenters. The Morgan fingerprint density at radius 2 is 1.73 bits per heavy atom. The SMILES string of the molecule is CCC1(CC)Cc2ccccc2C2=C(C(=O)N3CCCC3)C(=O)C(=O)N21. The van der Waals surface area contributed by atoms with Crippen molar-refractivity contribution in [1.29, 1.82) is 0 Å². The molecule has 2 amide bonds. The molecule has 0 radical (unpaired) electrons. The van der Waals surface area contributed by atoms with Crippen LogP contribution >= 0.6 is 0 Å². The van der Waals surface area contributed by atoms with Crippen LogP contribution in [0.5, 0.6) is 0 Å². The first kappa shape index (κ1) is 17.0. The fourth-order valence-electron chi connectivity index (χ4n) is 4.67. The molecule has 0 saturated carbocycles. The number of Topliss-reactive ketones (excluding diaryl/α,β-unsaturated/α-hetero) is 1. The first-order valence-corrected chi connectivity index (χ1v) is 9.55. The molecule has 1 aromatic carbocycles. The van der Waals surface area contributed by atoms with Gasteiger partial charge in [0.25, 0.3) is 17.6 Å². The standard InChI is InChI=1S/C21H24N2O3/c1-3-21(4-2)13-14-9-5-6-10-15(14)17-16(18(24)20(26)23(17)21)19(25)22-11-7-8-12-22/h5-6,9-10H,3-4,7-8,11-13H2,1-2H3. The monoisotopic (exact) mass is 352 g/mol. The fraction of sp³-hybridized carbons (Fsp3) is 0.476. The summed E-state index contributed by atoms with van der Waals surface area (Å²) in [5, 5.41) is 0. The van der Waals surface area contributed by atoms with Gasteiger partial charge in [-0.3, -0.25) is 19.3 Å². The third-order valence-electron chi connectivity index (χ3n) is 6.27. The van der Waals surface area contributed by atoms with Crippen LogP contribution in [0.3, 0.4) is 0 Å². The second kappa shape index (κ2) is 6.08. The second-order valence-corrected chi connectivity index (χ2v) is 7.46. The van der Waals surface area contributed by atoms with Crippen LogP contribution in [-0.2, 0) is 20.8 Å². The van der Waals surface area contributed by atoms with Gasteiger partial charge in [0.05, 0.1) is 11.2 Å². The molecule has 1 saturated heterocycles. The zero-order valence-electron chi connectivity index (χ0n) is 15.4. The maximum atomic E-state index is 13.1. The van der Waals surface area contributed by atoms with Gasteiger partial charge >= 0.3 is 0 Å². The lowest BCUT2D eigenvalue weighted by Crippen LogP contribution is -2.53. The van der Waals surface area contributed by atoms with E-state index in [0.717, 1.165) is 36.8 Å². The summed E-state index contributed by atoms with van der Waals surface area (Å²) in [6.07, 6.45) is 4.09. The normalized spacial score (nSPS) is 21.3. The Kier molecular flexibility index (Phi) is 3.98. The van der Waals surface area contributed by atoms with Crippen molar-refractivity contribution < 1.29 is 14.4 Å². The van der Waals surface area contributed by atoms with E-state index in [0.29, 0.717) is 25.2 Å². The number of benzene rings is 1. The third-order valence-corrected chi connectivity index (χ3v) is 6.27. The molecule has 5 heteroatoms. The molecule has 0 unspecified atom stereocenters. The average molecular weight is 352 g/mol. The van der Waals surface area contributed by atoms with Crippen LogP contribution in [-0.4, -0.2) is 46.0 Å². The molecule has 4 rings (SSSR count). The van der Waals surface area contributed by atoms with Crippen LogP contribution < -0.4 is 0 Å². The molecule has 3 heterocycles. The Morgan fingerprint density at radius 1 is 1.08 bits per heavy atom. The number of amides is 2. The Balaban J connectivity index is 1.96. The van der Waals surface area contributed by atoms with E-state index in [1.54, 1.807) is 9.80 Å². The van der Waals surface area contributed by atoms with Crippen LogP contribution in [0.2, 0.25) is 0 Å². The molecular formula is C21H24N2O3. The Morgan fingerprint density at radius 3 is 2.38 bits per heavy atom. The van der Waals surface area contributed by atoms with Gasteiger partial charge in [0.1, 0.15) is 5.57 Å². The van der Waals surface area contributed by atoms with Crippen LogP contribution in [0.1, 0.15) is 50.7 Å². The number of carbonyl (C=O) groups excluding carboxylic acids is 3. The summed E-state index contributed by atoms with van der Waals surface area (Å²) in [6.45, 7) is 5.41. The Labute approximate surface area is 153 Å². The summed E-state index contributed by atoms with van der Waals surface area (Å²) < 4.78 is 0. The highest BCUT2D eigenvalue weighted by molar-refractivity contribution is 6.55. The number of carbonyl (C=O) groups is 3. The number of ketones is 1. The number of fused-ring (bicyclic) bond motifs is 3. The number of hydrogen-bond donors (Lipinski definition) is 0. The molecule has 26 heavy (non-hydrogen) atoms. The number of likely N-dealkylation sites (tertiary alicyclic amines) is 1. The van der Waals surface area contributed by atoms with Gasteiger partial charge < -0.3 is 4.90 Å². The first-order valence-electron chi connectivity index (χ1n) is 9.55. The number of hydrogen-bond acceptors (Lipinski definition) is 3. The molecule has 3 aliphatic rings. The summed E-state index contributed by atoms with van der Waals surface area (Å²) >= 11 is 0. The second-order valence-electron chi connectivity index (χ2n) is 7.46. The minimum atomic E-state index is -0.639. The molecule has 0 aliphatic carbocycles. The molecule has 1 fully saturated rings. The minimum absolute atomic E-state index is 0.0790. The summed E-state index contributed by atoms with van der Waals surface area (Å²) in [5.74, 6) is -1.46. The maximum Gasteiger partial charge on any atom is 0.300 e. The van der Waals surface area contributed by atoms with E-state index in [4.69, 9.17) is 0 Å². The number of rotatable bonds is 3. The van der Waals surface area contributed by atoms with Gasteiger partial charge in [0.15, 0.2) is 0 Å². The molecule has 5 nitrogen and oxygen atoms in total. The molecule has 0 N–H and O–H groups in total. The van der Waals surface area contributed by atoms with Crippen LogP contribution in [0, 0.1) is 0 Å². The fourth-order valence-corrected chi connectivity index (χ4v) is 4.67. The van der Waals surface area contributed by atoms with Crippen LogP contribution in [0.15, 0.2) is 29.8 Å². The van der Waals surface area contributed by atoms with Crippen molar-refractivity contribution in [2.45, 2.75) is 51.5 Å². The van der Waals surface area contributed by atoms with E-state index in [2.05, 4.69) is 0 Å².